The summed E-state index contributed by atoms with van der Waals surface area (Å²) in [6, 6.07) is 3.95. The molecule has 13 heavy (non-hydrogen) atoms. The minimum absolute atomic E-state index is 0.0883. The molecule has 0 unspecified atom stereocenters. The number of carbonyl (C=O) groups excluding carboxylic acids is 2. The predicted octanol–water partition coefficient (Wildman–Crippen LogP) is 0.849. The van der Waals surface area contributed by atoms with Crippen LogP contribution in [0.2, 0.25) is 0 Å². The van der Waals surface area contributed by atoms with Crippen molar-refractivity contribution in [2.75, 3.05) is 0 Å². The lowest BCUT2D eigenvalue weighted by Crippen LogP contribution is -1.96. The van der Waals surface area contributed by atoms with Crippen LogP contribution in [0, 0.1) is 0 Å². The molecule has 1 aromatic rings. The number of carbonyl (C=O) groups is 2. The molecule has 0 saturated carbocycles. The van der Waals surface area contributed by atoms with Gasteiger partial charge in [0.2, 0.25) is 0 Å². The molecule has 0 bridgehead atoms. The predicted molar refractivity (Wildman–Crippen MR) is 39.4 cm³/mol. The summed E-state index contributed by atoms with van der Waals surface area (Å²) in [4.78, 5) is 25.8. The average Bonchev–Trinajstić information content (AvgIpc) is 2.42. The normalized spacial score (nSPS) is 13.9. The highest BCUT2D eigenvalue weighted by Crippen LogP contribution is 2.24. The summed E-state index contributed by atoms with van der Waals surface area (Å²) < 4.78 is 4.32. The van der Waals surface area contributed by atoms with Crippen molar-refractivity contribution in [1.82, 2.24) is 0 Å². The molecule has 1 aliphatic rings. The number of hydrogen-bond acceptors (Lipinski definition) is 5. The third-order valence-corrected chi connectivity index (χ3v) is 1.72. The Balaban J connectivity index is 2.58. The molecule has 1 N–H and O–H groups in total. The van der Waals surface area contributed by atoms with Crippen LogP contribution in [0.15, 0.2) is 18.2 Å². The Morgan fingerprint density at radius 3 is 2.54 bits per heavy atom. The zero-order valence-electron chi connectivity index (χ0n) is 6.31. The fourth-order valence-electron chi connectivity index (χ4n) is 1.12. The summed E-state index contributed by atoms with van der Waals surface area (Å²) in [5, 5.41) is 8.28. The molecule has 0 atom stereocenters. The van der Waals surface area contributed by atoms with Crippen LogP contribution in [0.25, 0.3) is 0 Å². The number of rotatable bonds is 1. The maximum atomic E-state index is 11.0. The van der Waals surface area contributed by atoms with E-state index in [1.165, 1.54) is 18.2 Å². The molecular weight excluding hydrogens is 176 g/mol. The van der Waals surface area contributed by atoms with Gasteiger partial charge in [0.1, 0.15) is 0 Å². The second-order valence-corrected chi connectivity index (χ2v) is 2.48. The van der Waals surface area contributed by atoms with E-state index in [0.717, 1.165) is 0 Å². The lowest BCUT2D eigenvalue weighted by molar-refractivity contribution is -0.137. The van der Waals surface area contributed by atoms with Gasteiger partial charge in [-0.05, 0) is 18.2 Å². The van der Waals surface area contributed by atoms with Gasteiger partial charge < -0.3 is 9.62 Å². The number of esters is 2. The smallest absolute Gasteiger partial charge is 0.347 e. The first-order valence-electron chi connectivity index (χ1n) is 3.44. The minimum atomic E-state index is -0.723. The molecule has 0 radical (unpaired) electrons. The number of fused-ring (bicyclic) bond motifs is 1. The Bertz CT molecular complexity index is 396. The van der Waals surface area contributed by atoms with Crippen molar-refractivity contribution in [3.8, 4) is 5.75 Å². The summed E-state index contributed by atoms with van der Waals surface area (Å²) >= 11 is 0. The first-order valence-corrected chi connectivity index (χ1v) is 3.44. The van der Waals surface area contributed by atoms with Crippen molar-refractivity contribution in [2.45, 2.75) is 0 Å². The summed E-state index contributed by atoms with van der Waals surface area (Å²) in [7, 11) is 0. The van der Waals surface area contributed by atoms with Crippen LogP contribution in [0.3, 0.4) is 0 Å². The van der Waals surface area contributed by atoms with Gasteiger partial charge in [-0.3, -0.25) is 0 Å². The zero-order valence-corrected chi connectivity index (χ0v) is 6.31. The molecule has 0 aliphatic carbocycles. The van der Waals surface area contributed by atoms with Crippen molar-refractivity contribution in [3.63, 3.8) is 0 Å². The molecule has 2 rings (SSSR count). The first kappa shape index (κ1) is 7.75. The lowest BCUT2D eigenvalue weighted by Gasteiger charge is -1.95. The van der Waals surface area contributed by atoms with Crippen LogP contribution in [0.5, 0.6) is 5.75 Å². The Hall–Kier alpha value is -1.88. The summed E-state index contributed by atoms with van der Waals surface area (Å²) in [5.74, 6) is -1.31. The molecule has 5 heteroatoms. The van der Waals surface area contributed by atoms with Crippen molar-refractivity contribution < 1.29 is 24.5 Å². The van der Waals surface area contributed by atoms with E-state index in [1.54, 1.807) is 0 Å². The molecule has 0 fully saturated rings. The molecule has 5 nitrogen and oxygen atoms in total. The van der Waals surface area contributed by atoms with Crippen LogP contribution in [-0.4, -0.2) is 17.2 Å². The van der Waals surface area contributed by atoms with Crippen LogP contribution in [-0.2, 0) is 4.74 Å². The monoisotopic (exact) mass is 180 g/mol. The van der Waals surface area contributed by atoms with Gasteiger partial charge in [0.05, 0.1) is 11.1 Å². The van der Waals surface area contributed by atoms with E-state index in [4.69, 9.17) is 5.26 Å². The molecule has 1 aliphatic heterocycles. The third-order valence-electron chi connectivity index (χ3n) is 1.72. The maximum Gasteiger partial charge on any atom is 0.347 e. The molecule has 0 aromatic heterocycles. The highest BCUT2D eigenvalue weighted by atomic mass is 17.1. The second kappa shape index (κ2) is 2.56. The van der Waals surface area contributed by atoms with Crippen LogP contribution in [0.1, 0.15) is 20.7 Å². The molecule has 0 spiro atoms. The molecular formula is C8H4O5. The molecule has 1 heterocycles. The van der Waals surface area contributed by atoms with Gasteiger partial charge >= 0.3 is 11.9 Å². The van der Waals surface area contributed by atoms with E-state index in [1.807, 2.05) is 0 Å². The summed E-state index contributed by atoms with van der Waals surface area (Å²) in [6.07, 6.45) is 0. The second-order valence-electron chi connectivity index (χ2n) is 2.48. The molecule has 0 amide bonds. The van der Waals surface area contributed by atoms with E-state index in [9.17, 15) is 9.59 Å². The minimum Gasteiger partial charge on any atom is -0.386 e. The maximum absolute atomic E-state index is 11.0. The average molecular weight is 180 g/mol. The van der Waals surface area contributed by atoms with Crippen LogP contribution >= 0.6 is 0 Å². The largest absolute Gasteiger partial charge is 0.386 e. The van der Waals surface area contributed by atoms with Crippen LogP contribution in [0.4, 0.5) is 0 Å². The standard InChI is InChI=1S/C8H4O5/c9-7-5-2-1-4(13-11)3-6(5)8(10)12-7/h1-3,11H. The van der Waals surface area contributed by atoms with E-state index in [-0.39, 0.29) is 16.9 Å². The van der Waals surface area contributed by atoms with Gasteiger partial charge in [-0.1, -0.05) is 0 Å². The molecule has 0 saturated heterocycles. The van der Waals surface area contributed by atoms with Gasteiger partial charge in [-0.2, -0.15) is 0 Å². The number of cyclic esters (lactones) is 2. The SMILES string of the molecule is O=C1OC(=O)c2cc(OO)ccc21. The fraction of sp³-hybridized carbons (Fsp3) is 0. The summed E-state index contributed by atoms with van der Waals surface area (Å²) in [6.45, 7) is 0. The van der Waals surface area contributed by atoms with Crippen molar-refractivity contribution >= 4 is 11.9 Å². The lowest BCUT2D eigenvalue weighted by atomic mass is 10.1. The van der Waals surface area contributed by atoms with Crippen molar-refractivity contribution in [1.29, 1.82) is 0 Å². The van der Waals surface area contributed by atoms with E-state index in [0.29, 0.717) is 0 Å². The zero-order chi connectivity index (χ0) is 9.42. The van der Waals surface area contributed by atoms with Gasteiger partial charge in [0.25, 0.3) is 0 Å². The van der Waals surface area contributed by atoms with Gasteiger partial charge in [0.15, 0.2) is 5.75 Å². The third kappa shape index (κ3) is 1.06. The van der Waals surface area contributed by atoms with E-state index in [2.05, 4.69) is 9.62 Å². The van der Waals surface area contributed by atoms with Crippen LogP contribution < -0.4 is 4.89 Å². The number of benzene rings is 1. The Morgan fingerprint density at radius 2 is 1.85 bits per heavy atom. The van der Waals surface area contributed by atoms with Gasteiger partial charge in [0, 0.05) is 0 Å². The topological polar surface area (TPSA) is 72.8 Å². The molecule has 66 valence electrons. The highest BCUT2D eigenvalue weighted by molar-refractivity contribution is 6.14. The van der Waals surface area contributed by atoms with Crippen molar-refractivity contribution in [2.24, 2.45) is 0 Å². The Labute approximate surface area is 72.4 Å². The van der Waals surface area contributed by atoms with E-state index >= 15 is 0 Å². The Kier molecular flexibility index (Phi) is 1.53. The molecule has 1 aromatic carbocycles. The first-order chi connectivity index (χ1) is 6.22. The highest BCUT2D eigenvalue weighted by Gasteiger charge is 2.29. The van der Waals surface area contributed by atoms with Gasteiger partial charge in [-0.25, -0.2) is 14.8 Å². The number of hydrogen-bond donors (Lipinski definition) is 1. The van der Waals surface area contributed by atoms with Gasteiger partial charge in [-0.15, -0.1) is 0 Å². The fourth-order valence-corrected chi connectivity index (χ4v) is 1.12. The van der Waals surface area contributed by atoms with E-state index < -0.39 is 11.9 Å². The summed E-state index contributed by atoms with van der Waals surface area (Å²) in [5.41, 5.74) is 0.294. The Morgan fingerprint density at radius 1 is 1.15 bits per heavy atom. The van der Waals surface area contributed by atoms with Crippen molar-refractivity contribution in [3.05, 3.63) is 29.3 Å². The quantitative estimate of drug-likeness (QED) is 0.300. The number of ether oxygens (including phenoxy) is 1.